The zero-order valence-corrected chi connectivity index (χ0v) is 18.7. The predicted octanol–water partition coefficient (Wildman–Crippen LogP) is 4.15. The summed E-state index contributed by atoms with van der Waals surface area (Å²) in [5.74, 6) is -0.304. The molecule has 2 aliphatic rings. The number of carbonyl (C=O) groups excluding carboxylic acids is 1. The number of halogens is 1. The molecule has 0 bridgehead atoms. The molecule has 166 valence electrons. The number of likely N-dealkylation sites (tertiary alicyclic amines) is 1. The van der Waals surface area contributed by atoms with Crippen LogP contribution in [0, 0.1) is 11.2 Å². The molecule has 1 aromatic carbocycles. The Bertz CT molecular complexity index is 931. The van der Waals surface area contributed by atoms with Crippen molar-refractivity contribution in [1.29, 1.82) is 0 Å². The average molecular weight is 426 g/mol. The van der Waals surface area contributed by atoms with Crippen molar-refractivity contribution in [2.75, 3.05) is 26.3 Å². The van der Waals surface area contributed by atoms with Gasteiger partial charge in [0.15, 0.2) is 0 Å². The summed E-state index contributed by atoms with van der Waals surface area (Å²) in [6.07, 6.45) is 4.59. The summed E-state index contributed by atoms with van der Waals surface area (Å²) < 4.78 is 19.2. The number of pyridine rings is 1. The highest BCUT2D eigenvalue weighted by molar-refractivity contribution is 5.95. The van der Waals surface area contributed by atoms with E-state index >= 15 is 0 Å². The third-order valence-corrected chi connectivity index (χ3v) is 6.77. The number of ether oxygens (including phenoxy) is 1. The van der Waals surface area contributed by atoms with Gasteiger partial charge in [-0.1, -0.05) is 18.2 Å². The van der Waals surface area contributed by atoms with E-state index in [1.54, 1.807) is 6.20 Å². The number of rotatable bonds is 7. The lowest BCUT2D eigenvalue weighted by atomic mass is 9.80. The van der Waals surface area contributed by atoms with Gasteiger partial charge < -0.3 is 10.1 Å². The fourth-order valence-electron chi connectivity index (χ4n) is 5.25. The van der Waals surface area contributed by atoms with Gasteiger partial charge in [-0.05, 0) is 70.3 Å². The van der Waals surface area contributed by atoms with Crippen molar-refractivity contribution < 1.29 is 13.9 Å². The fraction of sp³-hybridized carbons (Fsp3) is 0.520. The first-order valence-electron chi connectivity index (χ1n) is 11.2. The molecule has 2 unspecified atom stereocenters. The van der Waals surface area contributed by atoms with Crippen LogP contribution in [0.25, 0.3) is 0 Å². The number of nitrogens with zero attached hydrogens (tertiary/aromatic N) is 2. The number of benzene rings is 1. The van der Waals surface area contributed by atoms with Crippen LogP contribution in [0.5, 0.6) is 0 Å². The highest BCUT2D eigenvalue weighted by Crippen LogP contribution is 2.44. The molecule has 5 nitrogen and oxygen atoms in total. The van der Waals surface area contributed by atoms with Crippen LogP contribution in [0.4, 0.5) is 4.39 Å². The minimum absolute atomic E-state index is 0.0320. The molecule has 0 spiro atoms. The first-order chi connectivity index (χ1) is 14.8. The van der Waals surface area contributed by atoms with Crippen molar-refractivity contribution in [3.63, 3.8) is 0 Å². The minimum Gasteiger partial charge on any atom is -0.381 e. The Morgan fingerprint density at radius 2 is 2.03 bits per heavy atom. The van der Waals surface area contributed by atoms with Crippen LogP contribution < -0.4 is 5.32 Å². The smallest absolute Gasteiger partial charge is 0.270 e. The Morgan fingerprint density at radius 1 is 1.26 bits per heavy atom. The number of aryl methyl sites for hydroxylation is 1. The van der Waals surface area contributed by atoms with E-state index < -0.39 is 5.54 Å². The van der Waals surface area contributed by atoms with E-state index in [0.29, 0.717) is 18.9 Å². The highest BCUT2D eigenvalue weighted by Gasteiger charge is 2.48. The third kappa shape index (κ3) is 4.51. The number of nitrogens with one attached hydrogen (secondary N) is 1. The molecule has 1 amide bonds. The molecule has 2 aromatic rings. The lowest BCUT2D eigenvalue weighted by Gasteiger charge is -2.45. The molecule has 0 saturated carbocycles. The zero-order chi connectivity index (χ0) is 22.1. The van der Waals surface area contributed by atoms with Gasteiger partial charge in [0, 0.05) is 30.3 Å². The Kier molecular flexibility index (Phi) is 6.13. The zero-order valence-electron chi connectivity index (χ0n) is 18.7. The maximum absolute atomic E-state index is 13.3. The van der Waals surface area contributed by atoms with Gasteiger partial charge in [0.25, 0.3) is 5.91 Å². The van der Waals surface area contributed by atoms with E-state index in [4.69, 9.17) is 4.74 Å². The number of carbonyl (C=O) groups is 1. The maximum atomic E-state index is 13.3. The first kappa shape index (κ1) is 21.9. The third-order valence-electron chi connectivity index (χ3n) is 6.77. The predicted molar refractivity (Wildman–Crippen MR) is 118 cm³/mol. The van der Waals surface area contributed by atoms with E-state index in [0.717, 1.165) is 43.5 Å². The lowest BCUT2D eigenvalue weighted by molar-refractivity contribution is 0.0376. The molecule has 6 heteroatoms. The summed E-state index contributed by atoms with van der Waals surface area (Å²) in [6, 6.07) is 10.8. The van der Waals surface area contributed by atoms with Crippen molar-refractivity contribution in [2.45, 2.75) is 51.6 Å². The summed E-state index contributed by atoms with van der Waals surface area (Å²) in [6.45, 7) is 9.44. The second-order valence-electron chi connectivity index (χ2n) is 9.50. The number of amides is 1. The van der Waals surface area contributed by atoms with E-state index in [2.05, 4.69) is 29.0 Å². The second kappa shape index (κ2) is 8.67. The summed E-state index contributed by atoms with van der Waals surface area (Å²) in [5.41, 5.74) is 2.31. The molecule has 4 rings (SSSR count). The molecule has 1 saturated heterocycles. The average Bonchev–Trinajstić information content (AvgIpc) is 3.15. The molecule has 1 N–H and O–H groups in total. The number of hydrogen-bond acceptors (Lipinski definition) is 4. The van der Waals surface area contributed by atoms with Crippen LogP contribution in [-0.4, -0.2) is 47.6 Å². The SMILES string of the molecule is CCOCC1(CCc2ccc(F)cc2)CCN(C2c3cccnc3C(=O)NC2(C)C)C1. The van der Waals surface area contributed by atoms with Crippen LogP contribution in [0.2, 0.25) is 0 Å². The Balaban J connectivity index is 1.57. The standard InChI is InChI=1S/C25H32FN3O2/c1-4-31-17-25(12-11-18-7-9-19(26)10-8-18)13-15-29(16-25)22-20-6-5-14-27-21(20)23(30)28-24(22,2)3/h5-10,14,22H,4,11-13,15-17H2,1-3H3,(H,28,30). The normalized spacial score (nSPS) is 25.3. The van der Waals surface area contributed by atoms with Crippen LogP contribution >= 0.6 is 0 Å². The summed E-state index contributed by atoms with van der Waals surface area (Å²) in [7, 11) is 0. The van der Waals surface area contributed by atoms with E-state index in [9.17, 15) is 9.18 Å². The van der Waals surface area contributed by atoms with Gasteiger partial charge in [0.2, 0.25) is 0 Å². The fourth-order valence-corrected chi connectivity index (χ4v) is 5.25. The van der Waals surface area contributed by atoms with Crippen LogP contribution in [0.3, 0.4) is 0 Å². The molecule has 0 radical (unpaired) electrons. The molecule has 0 aliphatic carbocycles. The van der Waals surface area contributed by atoms with Crippen molar-refractivity contribution in [1.82, 2.24) is 15.2 Å². The second-order valence-corrected chi connectivity index (χ2v) is 9.50. The summed E-state index contributed by atoms with van der Waals surface area (Å²) >= 11 is 0. The number of aromatic nitrogens is 1. The van der Waals surface area contributed by atoms with Gasteiger partial charge >= 0.3 is 0 Å². The van der Waals surface area contributed by atoms with Gasteiger partial charge in [0.1, 0.15) is 11.5 Å². The topological polar surface area (TPSA) is 54.5 Å². The van der Waals surface area contributed by atoms with Crippen LogP contribution in [-0.2, 0) is 11.2 Å². The summed E-state index contributed by atoms with van der Waals surface area (Å²) in [5, 5.41) is 3.16. The number of fused-ring (bicyclic) bond motifs is 1. The highest BCUT2D eigenvalue weighted by atomic mass is 19.1. The molecular weight excluding hydrogens is 393 g/mol. The molecule has 1 fully saturated rings. The van der Waals surface area contributed by atoms with Crippen molar-refractivity contribution >= 4 is 5.91 Å². The lowest BCUT2D eigenvalue weighted by Crippen LogP contribution is -2.57. The van der Waals surface area contributed by atoms with E-state index in [-0.39, 0.29) is 23.2 Å². The Hall–Kier alpha value is -2.31. The van der Waals surface area contributed by atoms with Crippen LogP contribution in [0.15, 0.2) is 42.6 Å². The quantitative estimate of drug-likeness (QED) is 0.724. The molecular formula is C25H32FN3O2. The van der Waals surface area contributed by atoms with Gasteiger partial charge in [0.05, 0.1) is 18.2 Å². The molecule has 3 heterocycles. The first-order valence-corrected chi connectivity index (χ1v) is 11.2. The minimum atomic E-state index is -0.397. The van der Waals surface area contributed by atoms with E-state index in [1.807, 2.05) is 31.2 Å². The molecule has 2 atom stereocenters. The van der Waals surface area contributed by atoms with Gasteiger partial charge in [-0.3, -0.25) is 14.7 Å². The van der Waals surface area contributed by atoms with Crippen molar-refractivity contribution in [3.05, 3.63) is 65.2 Å². The Morgan fingerprint density at radius 3 is 2.77 bits per heavy atom. The maximum Gasteiger partial charge on any atom is 0.270 e. The number of hydrogen-bond donors (Lipinski definition) is 1. The van der Waals surface area contributed by atoms with Crippen LogP contribution in [0.1, 0.15) is 61.3 Å². The van der Waals surface area contributed by atoms with Gasteiger partial charge in [-0.2, -0.15) is 0 Å². The molecule has 1 aromatic heterocycles. The largest absolute Gasteiger partial charge is 0.381 e. The summed E-state index contributed by atoms with van der Waals surface area (Å²) in [4.78, 5) is 19.4. The monoisotopic (exact) mass is 425 g/mol. The van der Waals surface area contributed by atoms with E-state index in [1.165, 1.54) is 12.1 Å². The van der Waals surface area contributed by atoms with Crippen molar-refractivity contribution in [3.8, 4) is 0 Å². The molecule has 2 aliphatic heterocycles. The Labute approximate surface area is 184 Å². The van der Waals surface area contributed by atoms with Crippen molar-refractivity contribution in [2.24, 2.45) is 5.41 Å². The molecule has 31 heavy (non-hydrogen) atoms. The van der Waals surface area contributed by atoms with Gasteiger partial charge in [-0.15, -0.1) is 0 Å². The van der Waals surface area contributed by atoms with Gasteiger partial charge in [-0.25, -0.2) is 4.39 Å².